The van der Waals surface area contributed by atoms with E-state index in [-0.39, 0.29) is 23.4 Å². The van der Waals surface area contributed by atoms with Gasteiger partial charge in [-0.3, -0.25) is 9.48 Å². The van der Waals surface area contributed by atoms with Crippen molar-refractivity contribution >= 4 is 17.0 Å². The van der Waals surface area contributed by atoms with Crippen LogP contribution in [0.5, 0.6) is 0 Å². The lowest BCUT2D eigenvalue weighted by Gasteiger charge is -2.14. The average molecular weight is 407 g/mol. The zero-order valence-electron chi connectivity index (χ0n) is 17.0. The van der Waals surface area contributed by atoms with Crippen LogP contribution in [0.15, 0.2) is 47.1 Å². The number of hydrogen-bond acceptors (Lipinski definition) is 5. The summed E-state index contributed by atoms with van der Waals surface area (Å²) in [5.41, 5.74) is 3.58. The van der Waals surface area contributed by atoms with Crippen molar-refractivity contribution in [1.82, 2.24) is 25.2 Å². The monoisotopic (exact) mass is 407 g/mol. The van der Waals surface area contributed by atoms with Crippen molar-refractivity contribution in [3.05, 3.63) is 65.4 Å². The summed E-state index contributed by atoms with van der Waals surface area (Å²) in [5, 5.41) is 11.8. The molecule has 30 heavy (non-hydrogen) atoms. The van der Waals surface area contributed by atoms with Gasteiger partial charge in [-0.2, -0.15) is 5.10 Å². The van der Waals surface area contributed by atoms with E-state index in [9.17, 15) is 9.18 Å². The van der Waals surface area contributed by atoms with Gasteiger partial charge in [0.05, 0.1) is 22.3 Å². The van der Waals surface area contributed by atoms with Gasteiger partial charge in [0, 0.05) is 30.5 Å². The number of pyridine rings is 1. The molecule has 1 atom stereocenters. The summed E-state index contributed by atoms with van der Waals surface area (Å²) >= 11 is 0. The molecule has 3 aromatic heterocycles. The summed E-state index contributed by atoms with van der Waals surface area (Å²) in [6.45, 7) is 7.01. The molecule has 1 amide bonds. The molecule has 0 radical (unpaired) electrons. The number of hydrogen-bond donors (Lipinski definition) is 1. The second-order valence-corrected chi connectivity index (χ2v) is 7.48. The number of carbonyl (C=O) groups is 1. The van der Waals surface area contributed by atoms with Crippen molar-refractivity contribution in [2.24, 2.45) is 5.92 Å². The number of nitrogens with one attached hydrogen (secondary N) is 1. The maximum Gasteiger partial charge on any atom is 0.259 e. The van der Waals surface area contributed by atoms with Gasteiger partial charge < -0.3 is 9.84 Å². The molecule has 0 fully saturated rings. The quantitative estimate of drug-likeness (QED) is 0.524. The number of amides is 1. The number of aryl methyl sites for hydroxylation is 2. The van der Waals surface area contributed by atoms with Crippen molar-refractivity contribution in [2.75, 3.05) is 6.54 Å². The van der Waals surface area contributed by atoms with Crippen LogP contribution in [0.2, 0.25) is 0 Å². The van der Waals surface area contributed by atoms with Crippen molar-refractivity contribution in [2.45, 2.75) is 27.3 Å². The number of aromatic nitrogens is 4. The van der Waals surface area contributed by atoms with Crippen LogP contribution < -0.4 is 5.32 Å². The third-order valence-corrected chi connectivity index (χ3v) is 5.03. The predicted octanol–water partition coefficient (Wildman–Crippen LogP) is 3.91. The number of rotatable bonds is 6. The number of halogens is 1. The molecule has 0 unspecified atom stereocenters. The number of nitrogens with zero attached hydrogens (tertiary/aromatic N) is 4. The zero-order chi connectivity index (χ0) is 21.3. The standard InChI is InChI=1S/C22H22FN5O2/c1-13(12-28-14(2)8-9-25-28)11-24-21(29)18-10-19(16-4-6-17(23)7-5-16)26-22-20(18)15(3)27-30-22/h4-10,13H,11-12H2,1-3H3,(H,24,29)/t13-/m1/s1. The van der Waals surface area contributed by atoms with Crippen molar-refractivity contribution in [3.63, 3.8) is 0 Å². The van der Waals surface area contributed by atoms with Crippen LogP contribution in [-0.4, -0.2) is 32.4 Å². The van der Waals surface area contributed by atoms with Gasteiger partial charge in [0.1, 0.15) is 5.82 Å². The molecule has 0 aliphatic heterocycles. The summed E-state index contributed by atoms with van der Waals surface area (Å²) in [6.07, 6.45) is 1.76. The molecule has 4 rings (SSSR count). The van der Waals surface area contributed by atoms with E-state index in [1.807, 2.05) is 17.7 Å². The largest absolute Gasteiger partial charge is 0.352 e. The zero-order valence-corrected chi connectivity index (χ0v) is 17.0. The summed E-state index contributed by atoms with van der Waals surface area (Å²) < 4.78 is 20.5. The summed E-state index contributed by atoms with van der Waals surface area (Å²) in [4.78, 5) is 17.5. The highest BCUT2D eigenvalue weighted by Gasteiger charge is 2.20. The van der Waals surface area contributed by atoms with Crippen molar-refractivity contribution in [1.29, 1.82) is 0 Å². The Morgan fingerprint density at radius 2 is 2.00 bits per heavy atom. The molecule has 4 aromatic rings. The lowest BCUT2D eigenvalue weighted by molar-refractivity contribution is 0.0948. The predicted molar refractivity (Wildman–Crippen MR) is 110 cm³/mol. The fraction of sp³-hybridized carbons (Fsp3) is 0.273. The molecule has 3 heterocycles. The number of benzene rings is 1. The molecular formula is C22H22FN5O2. The fourth-order valence-electron chi connectivity index (χ4n) is 3.35. The summed E-state index contributed by atoms with van der Waals surface area (Å²) in [7, 11) is 0. The molecular weight excluding hydrogens is 385 g/mol. The van der Waals surface area contributed by atoms with E-state index in [0.717, 1.165) is 5.69 Å². The lowest BCUT2D eigenvalue weighted by atomic mass is 10.0. The van der Waals surface area contributed by atoms with Gasteiger partial charge in [-0.05, 0) is 56.2 Å². The van der Waals surface area contributed by atoms with Gasteiger partial charge >= 0.3 is 0 Å². The van der Waals surface area contributed by atoms with Crippen LogP contribution in [0.4, 0.5) is 4.39 Å². The van der Waals surface area contributed by atoms with Gasteiger partial charge in [0.2, 0.25) is 0 Å². The Hall–Kier alpha value is -3.55. The summed E-state index contributed by atoms with van der Waals surface area (Å²) in [6, 6.07) is 9.57. The molecule has 0 aliphatic carbocycles. The molecule has 0 aliphatic rings. The van der Waals surface area contributed by atoms with E-state index in [0.29, 0.717) is 41.0 Å². The molecule has 154 valence electrons. The Balaban J connectivity index is 1.58. The third-order valence-electron chi connectivity index (χ3n) is 5.03. The first-order valence-electron chi connectivity index (χ1n) is 9.72. The Morgan fingerprint density at radius 1 is 1.23 bits per heavy atom. The number of fused-ring (bicyclic) bond motifs is 1. The second kappa shape index (κ2) is 8.06. The first kappa shape index (κ1) is 19.8. The average Bonchev–Trinajstić information content (AvgIpc) is 3.31. The Labute approximate surface area is 172 Å². The maximum absolute atomic E-state index is 13.3. The van der Waals surface area contributed by atoms with E-state index in [1.54, 1.807) is 31.3 Å². The molecule has 0 bridgehead atoms. The third kappa shape index (κ3) is 3.94. The topological polar surface area (TPSA) is 85.8 Å². The van der Waals surface area contributed by atoms with Crippen LogP contribution in [0.3, 0.4) is 0 Å². The van der Waals surface area contributed by atoms with E-state index >= 15 is 0 Å². The molecule has 8 heteroatoms. The normalized spacial score (nSPS) is 12.3. The van der Waals surface area contributed by atoms with Gasteiger partial charge in [0.15, 0.2) is 0 Å². The molecule has 0 saturated carbocycles. The Bertz CT molecular complexity index is 1200. The van der Waals surface area contributed by atoms with E-state index in [4.69, 9.17) is 4.52 Å². The second-order valence-electron chi connectivity index (χ2n) is 7.48. The SMILES string of the molecule is Cc1noc2nc(-c3ccc(F)cc3)cc(C(=O)NC[C@@H](C)Cn3nccc3C)c12. The highest BCUT2D eigenvalue weighted by Crippen LogP contribution is 2.27. The molecule has 0 saturated heterocycles. The Kier molecular flexibility index (Phi) is 5.31. The smallest absolute Gasteiger partial charge is 0.259 e. The van der Waals surface area contributed by atoms with E-state index in [1.165, 1.54) is 12.1 Å². The lowest BCUT2D eigenvalue weighted by Crippen LogP contribution is -2.30. The van der Waals surface area contributed by atoms with Crippen molar-refractivity contribution < 1.29 is 13.7 Å². The minimum Gasteiger partial charge on any atom is -0.352 e. The van der Waals surface area contributed by atoms with Gasteiger partial charge in [0.25, 0.3) is 11.6 Å². The van der Waals surface area contributed by atoms with Gasteiger partial charge in [-0.1, -0.05) is 12.1 Å². The fourth-order valence-corrected chi connectivity index (χ4v) is 3.35. The Morgan fingerprint density at radius 3 is 2.70 bits per heavy atom. The molecule has 0 spiro atoms. The highest BCUT2D eigenvalue weighted by atomic mass is 19.1. The van der Waals surface area contributed by atoms with E-state index in [2.05, 4.69) is 27.5 Å². The molecule has 1 N–H and O–H groups in total. The number of carbonyl (C=O) groups excluding carboxylic acids is 1. The van der Waals surface area contributed by atoms with Crippen LogP contribution in [-0.2, 0) is 6.54 Å². The molecule has 1 aromatic carbocycles. The van der Waals surface area contributed by atoms with Crippen molar-refractivity contribution in [3.8, 4) is 11.3 Å². The van der Waals surface area contributed by atoms with Crippen LogP contribution in [0.1, 0.15) is 28.7 Å². The van der Waals surface area contributed by atoms with Crippen LogP contribution in [0.25, 0.3) is 22.4 Å². The van der Waals surface area contributed by atoms with Crippen LogP contribution >= 0.6 is 0 Å². The van der Waals surface area contributed by atoms with Gasteiger partial charge in [-0.15, -0.1) is 0 Å². The van der Waals surface area contributed by atoms with E-state index < -0.39 is 0 Å². The molecule has 7 nitrogen and oxygen atoms in total. The first-order valence-corrected chi connectivity index (χ1v) is 9.72. The minimum absolute atomic E-state index is 0.185. The maximum atomic E-state index is 13.3. The first-order chi connectivity index (χ1) is 14.4. The minimum atomic E-state index is -0.338. The highest BCUT2D eigenvalue weighted by molar-refractivity contribution is 6.07. The summed E-state index contributed by atoms with van der Waals surface area (Å²) in [5.74, 6) is -0.388. The van der Waals surface area contributed by atoms with Gasteiger partial charge in [-0.25, -0.2) is 9.37 Å². The van der Waals surface area contributed by atoms with Crippen LogP contribution in [0, 0.1) is 25.6 Å².